The summed E-state index contributed by atoms with van der Waals surface area (Å²) >= 11 is 6.23. The van der Waals surface area contributed by atoms with Gasteiger partial charge in [-0.2, -0.15) is 0 Å². The molecule has 1 unspecified atom stereocenters. The fourth-order valence-corrected chi connectivity index (χ4v) is 3.33. The van der Waals surface area contributed by atoms with Crippen molar-refractivity contribution in [2.75, 3.05) is 38.1 Å². The molecule has 142 valence electrons. The van der Waals surface area contributed by atoms with Crippen LogP contribution in [0.25, 0.3) is 0 Å². The molecule has 7 nitrogen and oxygen atoms in total. The number of hydrogen-bond donors (Lipinski definition) is 2. The molecule has 0 bridgehead atoms. The maximum absolute atomic E-state index is 12.5. The number of benzene rings is 1. The molecule has 8 heteroatoms. The van der Waals surface area contributed by atoms with E-state index >= 15 is 0 Å². The van der Waals surface area contributed by atoms with Crippen LogP contribution in [0.3, 0.4) is 0 Å². The summed E-state index contributed by atoms with van der Waals surface area (Å²) in [6.07, 6.45) is 0.925. The van der Waals surface area contributed by atoms with Gasteiger partial charge in [-0.15, -0.1) is 0 Å². The van der Waals surface area contributed by atoms with Crippen molar-refractivity contribution in [3.8, 4) is 0 Å². The lowest BCUT2D eigenvalue weighted by Crippen LogP contribution is -2.54. The van der Waals surface area contributed by atoms with E-state index in [1.54, 1.807) is 11.8 Å². The van der Waals surface area contributed by atoms with Crippen LogP contribution in [0, 0.1) is 0 Å². The van der Waals surface area contributed by atoms with Crippen LogP contribution in [0.2, 0.25) is 5.02 Å². The average molecular weight is 381 g/mol. The zero-order valence-corrected chi connectivity index (χ0v) is 15.9. The number of amides is 3. The third-order valence-corrected chi connectivity index (χ3v) is 5.09. The Morgan fingerprint density at radius 3 is 2.46 bits per heavy atom. The van der Waals surface area contributed by atoms with Gasteiger partial charge in [0, 0.05) is 39.6 Å². The van der Waals surface area contributed by atoms with E-state index in [1.807, 2.05) is 24.3 Å². The monoisotopic (exact) mass is 380 g/mol. The van der Waals surface area contributed by atoms with E-state index in [0.29, 0.717) is 37.6 Å². The van der Waals surface area contributed by atoms with Crippen LogP contribution in [0.4, 0.5) is 5.69 Å². The number of halogens is 1. The lowest BCUT2D eigenvalue weighted by atomic mass is 9.94. The molecule has 0 aliphatic carbocycles. The molecular formula is C18H25ClN4O3. The Labute approximate surface area is 158 Å². The van der Waals surface area contributed by atoms with Crippen molar-refractivity contribution in [1.82, 2.24) is 15.5 Å². The van der Waals surface area contributed by atoms with Gasteiger partial charge in [0.1, 0.15) is 5.54 Å². The molecule has 2 rings (SSSR count). The maximum atomic E-state index is 12.5. The van der Waals surface area contributed by atoms with Crippen molar-refractivity contribution in [2.45, 2.75) is 25.3 Å². The van der Waals surface area contributed by atoms with Gasteiger partial charge < -0.3 is 20.4 Å². The van der Waals surface area contributed by atoms with E-state index in [0.717, 1.165) is 5.69 Å². The highest BCUT2D eigenvalue weighted by atomic mass is 35.5. The number of likely N-dealkylation sites (N-methyl/N-ethyl adjacent to an activating group) is 1. The Balaban J connectivity index is 1.89. The predicted octanol–water partition coefficient (Wildman–Crippen LogP) is 1.02. The van der Waals surface area contributed by atoms with E-state index in [9.17, 15) is 14.4 Å². The van der Waals surface area contributed by atoms with Gasteiger partial charge >= 0.3 is 0 Å². The second kappa shape index (κ2) is 8.89. The fraction of sp³-hybridized carbons (Fsp3) is 0.500. The number of anilines is 1. The van der Waals surface area contributed by atoms with E-state index in [-0.39, 0.29) is 24.7 Å². The van der Waals surface area contributed by atoms with Crippen molar-refractivity contribution in [3.63, 3.8) is 0 Å². The summed E-state index contributed by atoms with van der Waals surface area (Å²) in [6.45, 7) is 4.22. The second-order valence-corrected chi connectivity index (χ2v) is 6.90. The lowest BCUT2D eigenvalue weighted by Gasteiger charge is -2.37. The number of para-hydroxylation sites is 1. The summed E-state index contributed by atoms with van der Waals surface area (Å²) in [7, 11) is 1.50. The molecule has 0 spiro atoms. The summed E-state index contributed by atoms with van der Waals surface area (Å²) in [5.41, 5.74) is -0.116. The summed E-state index contributed by atoms with van der Waals surface area (Å²) < 4.78 is 0. The quantitative estimate of drug-likeness (QED) is 0.692. The molecule has 0 saturated carbocycles. The van der Waals surface area contributed by atoms with Gasteiger partial charge in [0.2, 0.25) is 18.2 Å². The van der Waals surface area contributed by atoms with Crippen molar-refractivity contribution in [1.29, 1.82) is 0 Å². The van der Waals surface area contributed by atoms with Gasteiger partial charge in [0.25, 0.3) is 0 Å². The van der Waals surface area contributed by atoms with Gasteiger partial charge in [-0.05, 0) is 25.5 Å². The van der Waals surface area contributed by atoms with Crippen LogP contribution in [0.1, 0.15) is 19.8 Å². The molecule has 1 aliphatic rings. The van der Waals surface area contributed by atoms with Crippen LogP contribution in [0.5, 0.6) is 0 Å². The first kappa shape index (κ1) is 20.0. The Hall–Kier alpha value is -2.28. The highest BCUT2D eigenvalue weighted by molar-refractivity contribution is 6.33. The average Bonchev–Trinajstić information content (AvgIpc) is 2.66. The molecule has 2 N–H and O–H groups in total. The summed E-state index contributed by atoms with van der Waals surface area (Å²) in [5, 5.41) is 5.74. The number of rotatable bonds is 7. The normalized spacial score (nSPS) is 16.6. The van der Waals surface area contributed by atoms with Crippen LogP contribution >= 0.6 is 11.6 Å². The van der Waals surface area contributed by atoms with Crippen molar-refractivity contribution in [2.24, 2.45) is 0 Å². The molecule has 1 heterocycles. The largest absolute Gasteiger partial charge is 0.367 e. The molecule has 1 aromatic carbocycles. The molecule has 1 saturated heterocycles. The standard InChI is InChI=1S/C18H25ClN4O3/c1-18(21-13-24,17(26)20-2)8-7-16(25)23-11-9-22(10-12-23)15-6-4-3-5-14(15)19/h3-6,13H,7-12H2,1-2H3,(H,20,26)(H,21,24). The smallest absolute Gasteiger partial charge is 0.245 e. The highest BCUT2D eigenvalue weighted by Crippen LogP contribution is 2.26. The van der Waals surface area contributed by atoms with Crippen molar-refractivity contribution >= 4 is 35.5 Å². The third kappa shape index (κ3) is 4.66. The minimum atomic E-state index is -1.09. The van der Waals surface area contributed by atoms with E-state index in [4.69, 9.17) is 11.6 Å². The Morgan fingerprint density at radius 1 is 1.23 bits per heavy atom. The third-order valence-electron chi connectivity index (χ3n) is 4.77. The first-order valence-electron chi connectivity index (χ1n) is 8.62. The number of carbonyl (C=O) groups is 3. The number of nitrogens with zero attached hydrogens (tertiary/aromatic N) is 2. The summed E-state index contributed by atoms with van der Waals surface area (Å²) in [5.74, 6) is -0.340. The summed E-state index contributed by atoms with van der Waals surface area (Å²) in [4.78, 5) is 39.2. The van der Waals surface area contributed by atoms with Crippen LogP contribution in [0.15, 0.2) is 24.3 Å². The van der Waals surface area contributed by atoms with Gasteiger partial charge in [0.05, 0.1) is 10.7 Å². The predicted molar refractivity (Wildman–Crippen MR) is 101 cm³/mol. The molecule has 26 heavy (non-hydrogen) atoms. The van der Waals surface area contributed by atoms with Crippen molar-refractivity contribution < 1.29 is 14.4 Å². The van der Waals surface area contributed by atoms with E-state index < -0.39 is 5.54 Å². The maximum Gasteiger partial charge on any atom is 0.245 e. The van der Waals surface area contributed by atoms with Crippen LogP contribution < -0.4 is 15.5 Å². The molecule has 1 aromatic rings. The molecular weight excluding hydrogens is 356 g/mol. The topological polar surface area (TPSA) is 81.8 Å². The Kier molecular flexibility index (Phi) is 6.85. The zero-order valence-electron chi connectivity index (χ0n) is 15.1. The number of piperazine rings is 1. The molecule has 1 atom stereocenters. The van der Waals surface area contributed by atoms with Gasteiger partial charge in [-0.1, -0.05) is 23.7 Å². The van der Waals surface area contributed by atoms with Crippen LogP contribution in [-0.2, 0) is 14.4 Å². The van der Waals surface area contributed by atoms with Crippen molar-refractivity contribution in [3.05, 3.63) is 29.3 Å². The molecule has 1 aliphatic heterocycles. The minimum absolute atomic E-state index is 0.0216. The van der Waals surface area contributed by atoms with E-state index in [2.05, 4.69) is 15.5 Å². The second-order valence-electron chi connectivity index (χ2n) is 6.49. The molecule has 3 amide bonds. The number of hydrogen-bond acceptors (Lipinski definition) is 4. The molecule has 1 fully saturated rings. The van der Waals surface area contributed by atoms with Gasteiger partial charge in [-0.25, -0.2) is 0 Å². The van der Waals surface area contributed by atoms with Crippen LogP contribution in [-0.4, -0.2) is 61.9 Å². The first-order chi connectivity index (χ1) is 12.4. The van der Waals surface area contributed by atoms with Gasteiger partial charge in [-0.3, -0.25) is 14.4 Å². The fourth-order valence-electron chi connectivity index (χ4n) is 3.08. The Bertz CT molecular complexity index is 662. The Morgan fingerprint density at radius 2 is 1.88 bits per heavy atom. The lowest BCUT2D eigenvalue weighted by molar-refractivity contribution is -0.134. The highest BCUT2D eigenvalue weighted by Gasteiger charge is 2.33. The van der Waals surface area contributed by atoms with E-state index in [1.165, 1.54) is 7.05 Å². The summed E-state index contributed by atoms with van der Waals surface area (Å²) in [6, 6.07) is 7.66. The first-order valence-corrected chi connectivity index (χ1v) is 9.00. The minimum Gasteiger partial charge on any atom is -0.367 e. The molecule has 0 radical (unpaired) electrons. The molecule has 0 aromatic heterocycles. The zero-order chi connectivity index (χ0) is 19.2. The number of nitrogens with one attached hydrogen (secondary N) is 2. The van der Waals surface area contributed by atoms with Gasteiger partial charge in [0.15, 0.2) is 0 Å². The number of carbonyl (C=O) groups excluding carboxylic acids is 3. The SMILES string of the molecule is CNC(=O)C(C)(CCC(=O)N1CCN(c2ccccc2Cl)CC1)NC=O.